The fourth-order valence-corrected chi connectivity index (χ4v) is 10.3. The molecule has 0 saturated carbocycles. The Morgan fingerprint density at radius 3 is 0.933 bits per heavy atom. The van der Waals surface area contributed by atoms with Crippen LogP contribution in [0.15, 0.2) is 127 Å². The van der Waals surface area contributed by atoms with Gasteiger partial charge in [-0.3, -0.25) is 0 Å². The molecule has 7 aromatic rings. The van der Waals surface area contributed by atoms with Crippen LogP contribution in [0.25, 0.3) is 90.9 Å². The number of aromatic amines is 2. The van der Waals surface area contributed by atoms with Crippen molar-refractivity contribution in [1.82, 2.24) is 19.9 Å². The lowest BCUT2D eigenvalue weighted by Gasteiger charge is -2.11. The number of halogens is 10. The van der Waals surface area contributed by atoms with E-state index in [4.69, 9.17) is 9.97 Å². The highest BCUT2D eigenvalue weighted by atomic mass is 79.9. The Hall–Kier alpha value is -5.02. The van der Waals surface area contributed by atoms with Crippen LogP contribution in [0.1, 0.15) is 33.9 Å². The van der Waals surface area contributed by atoms with Crippen molar-refractivity contribution in [2.75, 3.05) is 0 Å². The highest BCUT2D eigenvalue weighted by Gasteiger charge is 2.31. The summed E-state index contributed by atoms with van der Waals surface area (Å²) in [7, 11) is 0. The van der Waals surface area contributed by atoms with Crippen LogP contribution in [-0.2, 0) is 12.4 Å². The molecule has 60 heavy (non-hydrogen) atoms. The lowest BCUT2D eigenvalue weighted by atomic mass is 10.0. The number of rotatable bonds is 4. The summed E-state index contributed by atoms with van der Waals surface area (Å²) in [4.78, 5) is 17.5. The van der Waals surface area contributed by atoms with Gasteiger partial charge in [0.05, 0.1) is 33.9 Å². The first kappa shape index (κ1) is 40.4. The molecule has 2 aliphatic heterocycles. The van der Waals surface area contributed by atoms with Gasteiger partial charge in [0, 0.05) is 73.3 Å². The summed E-state index contributed by atoms with van der Waals surface area (Å²) in [6, 6.07) is 28.8. The van der Waals surface area contributed by atoms with Crippen molar-refractivity contribution < 1.29 is 26.3 Å². The van der Waals surface area contributed by atoms with Crippen LogP contribution in [0.4, 0.5) is 26.3 Å². The van der Waals surface area contributed by atoms with Crippen LogP contribution < -0.4 is 0 Å². The predicted molar refractivity (Wildman–Crippen MR) is 241 cm³/mol. The van der Waals surface area contributed by atoms with Crippen molar-refractivity contribution >= 4 is 110 Å². The van der Waals surface area contributed by atoms with Crippen molar-refractivity contribution in [3.8, 4) is 44.5 Å². The molecule has 2 N–H and O–H groups in total. The maximum atomic E-state index is 13.8. The Kier molecular flexibility index (Phi) is 10.4. The van der Waals surface area contributed by atoms with E-state index >= 15 is 0 Å². The van der Waals surface area contributed by atoms with Crippen LogP contribution in [0, 0.1) is 0 Å². The second-order valence-corrected chi connectivity index (χ2v) is 17.3. The van der Waals surface area contributed by atoms with Crippen LogP contribution in [-0.4, -0.2) is 19.9 Å². The summed E-state index contributed by atoms with van der Waals surface area (Å²) in [6.45, 7) is 0. The molecular formula is C46H24Br4F6N4. The van der Waals surface area contributed by atoms with E-state index in [1.165, 1.54) is 24.3 Å². The SMILES string of the molecule is FC(F)(F)c1ccc(-c2c3nc(c(-c4c(Br)cccc4Br)c4ccc([nH]4)c(-c4ccc(C(F)(F)F)cc4)c4nc(c(-c5c(Br)cccc5Br)c5ccc2[nH]5)C=C4)C=C3)cc1. The summed E-state index contributed by atoms with van der Waals surface area (Å²) in [5.74, 6) is 0. The summed E-state index contributed by atoms with van der Waals surface area (Å²) >= 11 is 14.9. The predicted octanol–water partition coefficient (Wildman–Crippen LogP) is 16.4. The maximum absolute atomic E-state index is 13.8. The highest BCUT2D eigenvalue weighted by Crippen LogP contribution is 2.44. The first-order valence-corrected chi connectivity index (χ1v) is 21.2. The molecule has 5 heterocycles. The lowest BCUT2D eigenvalue weighted by molar-refractivity contribution is -0.138. The van der Waals surface area contributed by atoms with Crippen LogP contribution >= 0.6 is 63.7 Å². The minimum atomic E-state index is -4.53. The summed E-state index contributed by atoms with van der Waals surface area (Å²) in [5, 5.41) is 0. The van der Waals surface area contributed by atoms with Gasteiger partial charge in [0.2, 0.25) is 0 Å². The van der Waals surface area contributed by atoms with Gasteiger partial charge in [0.25, 0.3) is 0 Å². The van der Waals surface area contributed by atoms with Crippen molar-refractivity contribution in [2.24, 2.45) is 0 Å². The molecule has 298 valence electrons. The molecule has 14 heteroatoms. The van der Waals surface area contributed by atoms with Gasteiger partial charge < -0.3 is 9.97 Å². The average molecular weight is 1070 g/mol. The van der Waals surface area contributed by atoms with E-state index in [0.717, 1.165) is 53.3 Å². The molecule has 0 atom stereocenters. The van der Waals surface area contributed by atoms with Crippen molar-refractivity contribution in [1.29, 1.82) is 0 Å². The second kappa shape index (κ2) is 15.5. The van der Waals surface area contributed by atoms with Gasteiger partial charge in [-0.05, 0) is 108 Å². The summed E-state index contributed by atoms with van der Waals surface area (Å²) < 4.78 is 85.7. The molecule has 0 saturated heterocycles. The summed E-state index contributed by atoms with van der Waals surface area (Å²) in [5.41, 5.74) is 7.95. The fraction of sp³-hybridized carbons (Fsp3) is 0.0435. The first-order chi connectivity index (χ1) is 28.7. The molecule has 0 aliphatic carbocycles. The summed E-state index contributed by atoms with van der Waals surface area (Å²) in [6.07, 6.45) is -1.70. The van der Waals surface area contributed by atoms with Crippen LogP contribution in [0.5, 0.6) is 0 Å². The van der Waals surface area contributed by atoms with Crippen molar-refractivity contribution in [3.63, 3.8) is 0 Å². The Bertz CT molecular complexity index is 2860. The molecule has 4 aromatic carbocycles. The maximum Gasteiger partial charge on any atom is 0.416 e. The van der Waals surface area contributed by atoms with Gasteiger partial charge in [-0.1, -0.05) is 100 Å². The lowest BCUT2D eigenvalue weighted by Crippen LogP contribution is -2.04. The molecule has 8 bridgehead atoms. The molecular weight excluding hydrogens is 1040 g/mol. The monoisotopic (exact) mass is 1060 g/mol. The smallest absolute Gasteiger partial charge is 0.354 e. The number of H-pyrrole nitrogens is 2. The fourth-order valence-electron chi connectivity index (χ4n) is 7.46. The zero-order chi connectivity index (χ0) is 42.1. The van der Waals surface area contributed by atoms with E-state index in [-0.39, 0.29) is 0 Å². The average Bonchev–Trinajstić information content (AvgIpc) is 4.04. The van der Waals surface area contributed by atoms with Crippen LogP contribution in [0.2, 0.25) is 0 Å². The number of hydrogen-bond donors (Lipinski definition) is 2. The quantitative estimate of drug-likeness (QED) is 0.173. The van der Waals surface area contributed by atoms with Crippen LogP contribution in [0.3, 0.4) is 0 Å². The Balaban J connectivity index is 1.47. The van der Waals surface area contributed by atoms with E-state index in [1.54, 1.807) is 0 Å². The number of nitrogens with one attached hydrogen (secondary N) is 2. The third-order valence-corrected chi connectivity index (χ3v) is 12.8. The molecule has 0 fully saturated rings. The number of benzene rings is 4. The van der Waals surface area contributed by atoms with Gasteiger partial charge in [0.15, 0.2) is 0 Å². The zero-order valence-corrected chi connectivity index (χ0v) is 36.7. The first-order valence-electron chi connectivity index (χ1n) is 18.1. The van der Waals surface area contributed by atoms with E-state index in [2.05, 4.69) is 73.7 Å². The van der Waals surface area contributed by atoms with E-state index < -0.39 is 23.5 Å². The number of fused-ring (bicyclic) bond motifs is 8. The number of nitrogens with zero attached hydrogens (tertiary/aromatic N) is 2. The highest BCUT2D eigenvalue weighted by molar-refractivity contribution is 9.11. The molecule has 0 unspecified atom stereocenters. The molecule has 3 aromatic heterocycles. The van der Waals surface area contributed by atoms with E-state index in [1.807, 2.05) is 85.0 Å². The van der Waals surface area contributed by atoms with Crippen molar-refractivity contribution in [2.45, 2.75) is 12.4 Å². The minimum absolute atomic E-state index is 0.493. The second-order valence-electron chi connectivity index (χ2n) is 13.8. The Morgan fingerprint density at radius 2 is 0.633 bits per heavy atom. The van der Waals surface area contributed by atoms with Gasteiger partial charge in [-0.15, -0.1) is 0 Å². The zero-order valence-electron chi connectivity index (χ0n) is 30.4. The normalized spacial score (nSPS) is 12.7. The van der Waals surface area contributed by atoms with Crippen molar-refractivity contribution in [3.05, 3.63) is 161 Å². The van der Waals surface area contributed by atoms with Gasteiger partial charge in [0.1, 0.15) is 0 Å². The molecule has 4 nitrogen and oxygen atoms in total. The number of alkyl halides is 6. The number of hydrogen-bond acceptors (Lipinski definition) is 2. The topological polar surface area (TPSA) is 57.4 Å². The molecule has 0 amide bonds. The van der Waals surface area contributed by atoms with Gasteiger partial charge >= 0.3 is 12.4 Å². The largest absolute Gasteiger partial charge is 0.416 e. The minimum Gasteiger partial charge on any atom is -0.354 e. The number of aromatic nitrogens is 4. The van der Waals surface area contributed by atoms with Gasteiger partial charge in [-0.25, -0.2) is 9.97 Å². The molecule has 0 radical (unpaired) electrons. The molecule has 9 rings (SSSR count). The van der Waals surface area contributed by atoms with E-state index in [9.17, 15) is 26.3 Å². The van der Waals surface area contributed by atoms with Gasteiger partial charge in [-0.2, -0.15) is 26.3 Å². The third kappa shape index (κ3) is 7.41. The third-order valence-electron chi connectivity index (χ3n) is 10.2. The molecule has 2 aliphatic rings. The van der Waals surface area contributed by atoms with E-state index in [0.29, 0.717) is 78.2 Å². The Morgan fingerprint density at radius 1 is 0.350 bits per heavy atom. The standard InChI is InChI=1S/C46H24Br4F6N4/c47-27-3-1-4-28(48)41(27)43-35-19-15-31(57-35)39(23-7-11-25(12-8-23)45(51,52)53)33-17-21-37(59-33)44(42-29(49)5-2-6-30(42)50)38-22-18-34(60-38)40(32-16-20-36(43)58-32)24-9-13-26(14-10-24)46(54,55)56/h1-22,57,60H. The molecule has 0 spiro atoms. The Labute approximate surface area is 371 Å².